The van der Waals surface area contributed by atoms with Gasteiger partial charge >= 0.3 is 0 Å². The molecule has 1 aromatic heterocycles. The second kappa shape index (κ2) is 4.10. The molecule has 0 N–H and O–H groups in total. The fourth-order valence-corrected chi connectivity index (χ4v) is 3.36. The Balaban J connectivity index is 2.44. The normalized spacial score (nSPS) is 11.6. The second-order valence-electron chi connectivity index (χ2n) is 4.02. The predicted molar refractivity (Wildman–Crippen MR) is 58.3 cm³/mol. The molecule has 12 heavy (non-hydrogen) atoms. The molecule has 0 atom stereocenters. The van der Waals surface area contributed by atoms with Crippen LogP contribution in [0.4, 0.5) is 0 Å². The summed E-state index contributed by atoms with van der Waals surface area (Å²) in [7, 11) is -0.917. The van der Waals surface area contributed by atoms with Gasteiger partial charge in [-0.15, -0.1) is 11.8 Å². The highest BCUT2D eigenvalue weighted by Gasteiger charge is 2.13. The van der Waals surface area contributed by atoms with Gasteiger partial charge in [0, 0.05) is 6.20 Å². The van der Waals surface area contributed by atoms with Crippen LogP contribution in [0.25, 0.3) is 0 Å². The molecule has 0 radical (unpaired) electrons. The van der Waals surface area contributed by atoms with Crippen molar-refractivity contribution in [2.24, 2.45) is 0 Å². The van der Waals surface area contributed by atoms with E-state index in [4.69, 9.17) is 0 Å². The SMILES string of the molecule is C[Si](C)(C)CSc1ccccn1. The van der Waals surface area contributed by atoms with Gasteiger partial charge in [0.2, 0.25) is 0 Å². The van der Waals surface area contributed by atoms with Gasteiger partial charge in [-0.2, -0.15) is 0 Å². The van der Waals surface area contributed by atoms with E-state index in [0.717, 1.165) is 5.03 Å². The summed E-state index contributed by atoms with van der Waals surface area (Å²) in [5.41, 5.74) is 0. The maximum absolute atomic E-state index is 4.27. The Morgan fingerprint density at radius 3 is 2.58 bits per heavy atom. The van der Waals surface area contributed by atoms with Crippen molar-refractivity contribution in [1.29, 1.82) is 0 Å². The Morgan fingerprint density at radius 1 is 1.33 bits per heavy atom. The van der Waals surface area contributed by atoms with E-state index in [1.54, 1.807) is 0 Å². The first kappa shape index (κ1) is 9.80. The lowest BCUT2D eigenvalue weighted by molar-refractivity contribution is 1.14. The van der Waals surface area contributed by atoms with Crippen LogP contribution in [-0.4, -0.2) is 18.4 Å². The van der Waals surface area contributed by atoms with Crippen molar-refractivity contribution in [3.63, 3.8) is 0 Å². The average Bonchev–Trinajstić information content (AvgIpc) is 2.02. The topological polar surface area (TPSA) is 12.9 Å². The van der Waals surface area contributed by atoms with Crippen LogP contribution in [0.2, 0.25) is 19.6 Å². The molecule has 0 aromatic carbocycles. The van der Waals surface area contributed by atoms with Crippen LogP contribution < -0.4 is 0 Å². The molecule has 1 heterocycles. The lowest BCUT2D eigenvalue weighted by atomic mass is 10.5. The van der Waals surface area contributed by atoms with Crippen molar-refractivity contribution in [3.05, 3.63) is 24.4 Å². The van der Waals surface area contributed by atoms with E-state index in [1.165, 1.54) is 5.38 Å². The number of hydrogen-bond acceptors (Lipinski definition) is 2. The van der Waals surface area contributed by atoms with Crippen LogP contribution in [0.15, 0.2) is 29.4 Å². The highest BCUT2D eigenvalue weighted by Crippen LogP contribution is 2.18. The Morgan fingerprint density at radius 2 is 2.08 bits per heavy atom. The maximum Gasteiger partial charge on any atom is 0.0957 e. The number of aromatic nitrogens is 1. The molecule has 1 aromatic rings. The van der Waals surface area contributed by atoms with Crippen LogP contribution in [0.5, 0.6) is 0 Å². The number of nitrogens with zero attached hydrogens (tertiary/aromatic N) is 1. The zero-order valence-electron chi connectivity index (χ0n) is 7.87. The summed E-state index contributed by atoms with van der Waals surface area (Å²) < 4.78 is 0. The Bertz CT molecular complexity index is 230. The largest absolute Gasteiger partial charge is 0.250 e. The van der Waals surface area contributed by atoms with Crippen LogP contribution >= 0.6 is 11.8 Å². The molecule has 0 amide bonds. The van der Waals surface area contributed by atoms with E-state index in [0.29, 0.717) is 0 Å². The fraction of sp³-hybridized carbons (Fsp3) is 0.444. The molecule has 0 unspecified atom stereocenters. The number of hydrogen-bond donors (Lipinski definition) is 0. The summed E-state index contributed by atoms with van der Waals surface area (Å²) in [6, 6.07) is 6.07. The molecular formula is C9H15NSSi. The Hall–Kier alpha value is -0.283. The zero-order valence-corrected chi connectivity index (χ0v) is 9.69. The van der Waals surface area contributed by atoms with Gasteiger partial charge in [-0.3, -0.25) is 0 Å². The van der Waals surface area contributed by atoms with E-state index in [9.17, 15) is 0 Å². The van der Waals surface area contributed by atoms with Gasteiger partial charge in [-0.25, -0.2) is 4.98 Å². The molecule has 0 saturated heterocycles. The molecular weight excluding hydrogens is 182 g/mol. The van der Waals surface area contributed by atoms with Crippen molar-refractivity contribution in [1.82, 2.24) is 4.98 Å². The molecule has 0 saturated carbocycles. The second-order valence-corrected chi connectivity index (χ2v) is 11.0. The summed E-state index contributed by atoms with van der Waals surface area (Å²) in [6.45, 7) is 7.13. The lowest BCUT2D eigenvalue weighted by Crippen LogP contribution is -2.23. The number of pyridine rings is 1. The van der Waals surface area contributed by atoms with E-state index < -0.39 is 8.07 Å². The maximum atomic E-state index is 4.27. The molecule has 66 valence electrons. The molecule has 0 aliphatic carbocycles. The first-order valence-electron chi connectivity index (χ1n) is 4.12. The van der Waals surface area contributed by atoms with Crippen LogP contribution in [0.3, 0.4) is 0 Å². The third-order valence-electron chi connectivity index (χ3n) is 1.29. The van der Waals surface area contributed by atoms with Gasteiger partial charge in [-0.05, 0) is 17.5 Å². The zero-order chi connectivity index (χ0) is 9.03. The van der Waals surface area contributed by atoms with Gasteiger partial charge in [0.15, 0.2) is 0 Å². The van der Waals surface area contributed by atoms with E-state index in [-0.39, 0.29) is 0 Å². The minimum atomic E-state index is -0.917. The van der Waals surface area contributed by atoms with Gasteiger partial charge in [0.25, 0.3) is 0 Å². The predicted octanol–water partition coefficient (Wildman–Crippen LogP) is 3.05. The Labute approximate surface area is 79.6 Å². The van der Waals surface area contributed by atoms with Gasteiger partial charge in [0.1, 0.15) is 0 Å². The molecule has 0 spiro atoms. The van der Waals surface area contributed by atoms with Gasteiger partial charge in [-0.1, -0.05) is 25.7 Å². The molecule has 0 aliphatic heterocycles. The minimum absolute atomic E-state index is 0.917. The van der Waals surface area contributed by atoms with Crippen molar-refractivity contribution in [2.75, 3.05) is 5.38 Å². The van der Waals surface area contributed by atoms with E-state index >= 15 is 0 Å². The van der Waals surface area contributed by atoms with Crippen molar-refractivity contribution in [2.45, 2.75) is 24.7 Å². The highest BCUT2D eigenvalue weighted by molar-refractivity contribution is 8.00. The summed E-state index contributed by atoms with van der Waals surface area (Å²) in [5.74, 6) is 0. The molecule has 0 bridgehead atoms. The highest BCUT2D eigenvalue weighted by atomic mass is 32.2. The Kier molecular flexibility index (Phi) is 3.35. The van der Waals surface area contributed by atoms with Crippen molar-refractivity contribution in [3.8, 4) is 0 Å². The lowest BCUT2D eigenvalue weighted by Gasteiger charge is -2.13. The smallest absolute Gasteiger partial charge is 0.0957 e. The summed E-state index contributed by atoms with van der Waals surface area (Å²) in [4.78, 5) is 4.27. The third kappa shape index (κ3) is 3.92. The van der Waals surface area contributed by atoms with E-state index in [1.807, 2.05) is 30.1 Å². The molecule has 3 heteroatoms. The number of rotatable bonds is 3. The van der Waals surface area contributed by atoms with Crippen LogP contribution in [0.1, 0.15) is 0 Å². The molecule has 1 rings (SSSR count). The fourth-order valence-electron chi connectivity index (χ4n) is 0.723. The van der Waals surface area contributed by atoms with Crippen LogP contribution in [0, 0.1) is 0 Å². The summed E-state index contributed by atoms with van der Waals surface area (Å²) in [5, 5.41) is 2.41. The molecule has 1 nitrogen and oxygen atoms in total. The minimum Gasteiger partial charge on any atom is -0.250 e. The molecule has 0 aliphatic rings. The van der Waals surface area contributed by atoms with Gasteiger partial charge in [0.05, 0.1) is 13.1 Å². The average molecular weight is 197 g/mol. The first-order valence-corrected chi connectivity index (χ1v) is 8.81. The first-order chi connectivity index (χ1) is 5.58. The standard InChI is InChI=1S/C9H15NSSi/c1-12(2,3)8-11-9-6-4-5-7-10-9/h4-7H,8H2,1-3H3. The third-order valence-corrected chi connectivity index (χ3v) is 5.87. The van der Waals surface area contributed by atoms with E-state index in [2.05, 4.69) is 30.7 Å². The van der Waals surface area contributed by atoms with Crippen molar-refractivity contribution >= 4 is 19.8 Å². The van der Waals surface area contributed by atoms with Crippen molar-refractivity contribution < 1.29 is 0 Å². The summed E-state index contributed by atoms with van der Waals surface area (Å²) >= 11 is 1.88. The quantitative estimate of drug-likeness (QED) is 0.545. The van der Waals surface area contributed by atoms with Gasteiger partial charge < -0.3 is 0 Å². The number of thioether (sulfide) groups is 1. The molecule has 0 fully saturated rings. The summed E-state index contributed by atoms with van der Waals surface area (Å²) in [6.07, 6.45) is 1.85. The van der Waals surface area contributed by atoms with Crippen LogP contribution in [-0.2, 0) is 0 Å². The monoisotopic (exact) mass is 197 g/mol.